The van der Waals surface area contributed by atoms with Gasteiger partial charge in [0.1, 0.15) is 0 Å². The molecule has 18 heavy (non-hydrogen) atoms. The van der Waals surface area contributed by atoms with Crippen molar-refractivity contribution in [3.8, 4) is 0 Å². The van der Waals surface area contributed by atoms with Gasteiger partial charge in [0, 0.05) is 0 Å². The molecular weight excluding hydrogens is 222 g/mol. The highest BCUT2D eigenvalue weighted by Gasteiger charge is 2.33. The summed E-state index contributed by atoms with van der Waals surface area (Å²) in [5.74, 6) is 2.34. The Morgan fingerprint density at radius 1 is 1.11 bits per heavy atom. The van der Waals surface area contributed by atoms with Crippen LogP contribution in [-0.2, 0) is 4.74 Å². The van der Waals surface area contributed by atoms with E-state index in [0.717, 1.165) is 29.0 Å². The molecule has 1 aliphatic carbocycles. The SMILES string of the molecule is CC(C)[C@@H]1CC[C@@H](C)C[C@H]1OC[N+](C)(C)C(C)C. The normalized spacial score (nSPS) is 30.2. The van der Waals surface area contributed by atoms with Gasteiger partial charge in [0.05, 0.1) is 26.2 Å². The average Bonchev–Trinajstić information content (AvgIpc) is 2.26. The van der Waals surface area contributed by atoms with Gasteiger partial charge in [-0.25, -0.2) is 0 Å². The smallest absolute Gasteiger partial charge is 0.183 e. The Bertz CT molecular complexity index is 247. The van der Waals surface area contributed by atoms with Crippen LogP contribution in [0.4, 0.5) is 0 Å². The van der Waals surface area contributed by atoms with Crippen molar-refractivity contribution in [2.45, 2.75) is 66.0 Å². The Morgan fingerprint density at radius 3 is 2.22 bits per heavy atom. The standard InChI is InChI=1S/C16H34NO/c1-12(2)15-9-8-14(5)10-16(15)18-11-17(6,7)13(3)4/h12-16H,8-11H2,1-7H3/q+1/t14-,15+,16-/m1/s1. The second kappa shape index (κ2) is 6.38. The summed E-state index contributed by atoms with van der Waals surface area (Å²) in [5, 5.41) is 0. The van der Waals surface area contributed by atoms with Gasteiger partial charge in [-0.15, -0.1) is 0 Å². The van der Waals surface area contributed by atoms with Gasteiger partial charge in [0.25, 0.3) is 0 Å². The van der Waals surface area contributed by atoms with Crippen molar-refractivity contribution in [2.24, 2.45) is 17.8 Å². The van der Waals surface area contributed by atoms with Crippen molar-refractivity contribution in [3.63, 3.8) is 0 Å². The first kappa shape index (κ1) is 16.0. The summed E-state index contributed by atoms with van der Waals surface area (Å²) in [6, 6.07) is 0.614. The van der Waals surface area contributed by atoms with E-state index in [9.17, 15) is 0 Å². The van der Waals surface area contributed by atoms with Gasteiger partial charge < -0.3 is 9.22 Å². The van der Waals surface area contributed by atoms with Gasteiger partial charge in [0.15, 0.2) is 6.73 Å². The van der Waals surface area contributed by atoms with E-state index in [2.05, 4.69) is 48.7 Å². The zero-order valence-corrected chi connectivity index (χ0v) is 13.6. The number of quaternary nitrogens is 1. The highest BCUT2D eigenvalue weighted by molar-refractivity contribution is 4.81. The van der Waals surface area contributed by atoms with Crippen LogP contribution in [0.1, 0.15) is 53.9 Å². The van der Waals surface area contributed by atoms with Crippen molar-refractivity contribution in [1.29, 1.82) is 0 Å². The van der Waals surface area contributed by atoms with Crippen molar-refractivity contribution in [3.05, 3.63) is 0 Å². The molecule has 0 saturated heterocycles. The summed E-state index contributed by atoms with van der Waals surface area (Å²) < 4.78 is 7.28. The molecule has 0 amide bonds. The molecule has 0 aromatic heterocycles. The molecule has 0 aromatic rings. The third-order valence-corrected chi connectivity index (χ3v) is 4.98. The molecule has 0 aromatic carbocycles. The van der Waals surface area contributed by atoms with E-state index in [-0.39, 0.29) is 0 Å². The highest BCUT2D eigenvalue weighted by atomic mass is 16.5. The summed E-state index contributed by atoms with van der Waals surface area (Å²) in [6.07, 6.45) is 4.45. The Hall–Kier alpha value is -0.0800. The molecule has 1 rings (SSSR count). The van der Waals surface area contributed by atoms with Gasteiger partial charge >= 0.3 is 0 Å². The second-order valence-corrected chi connectivity index (χ2v) is 7.53. The topological polar surface area (TPSA) is 9.23 Å². The van der Waals surface area contributed by atoms with Gasteiger partial charge in [-0.2, -0.15) is 0 Å². The summed E-state index contributed by atoms with van der Waals surface area (Å²) in [4.78, 5) is 0. The first-order valence-electron chi connectivity index (χ1n) is 7.68. The summed E-state index contributed by atoms with van der Waals surface area (Å²) in [7, 11) is 4.53. The first-order valence-corrected chi connectivity index (χ1v) is 7.68. The maximum Gasteiger partial charge on any atom is 0.183 e. The van der Waals surface area contributed by atoms with Gasteiger partial charge in [0.2, 0.25) is 0 Å². The van der Waals surface area contributed by atoms with Crippen LogP contribution in [0.15, 0.2) is 0 Å². The lowest BCUT2D eigenvalue weighted by atomic mass is 9.75. The van der Waals surface area contributed by atoms with Crippen molar-refractivity contribution >= 4 is 0 Å². The predicted molar refractivity (Wildman–Crippen MR) is 78.3 cm³/mol. The molecule has 0 radical (unpaired) electrons. The summed E-state index contributed by atoms with van der Waals surface area (Å²) in [5.41, 5.74) is 0. The minimum atomic E-state index is 0.477. The summed E-state index contributed by atoms with van der Waals surface area (Å²) >= 11 is 0. The van der Waals surface area contributed by atoms with E-state index < -0.39 is 0 Å². The molecule has 3 atom stereocenters. The predicted octanol–water partition coefficient (Wildman–Crippen LogP) is 3.91. The number of hydrogen-bond acceptors (Lipinski definition) is 1. The van der Waals surface area contributed by atoms with E-state index in [1.165, 1.54) is 19.3 Å². The lowest BCUT2D eigenvalue weighted by molar-refractivity contribution is -0.930. The molecule has 2 heteroatoms. The minimum absolute atomic E-state index is 0.477. The molecule has 0 aliphatic heterocycles. The fourth-order valence-electron chi connectivity index (χ4n) is 2.74. The minimum Gasteiger partial charge on any atom is -0.328 e. The third kappa shape index (κ3) is 4.24. The van der Waals surface area contributed by atoms with Gasteiger partial charge in [-0.1, -0.05) is 27.2 Å². The molecular formula is C16H34NO+. The number of rotatable bonds is 5. The molecule has 108 valence electrons. The molecule has 2 nitrogen and oxygen atoms in total. The lowest BCUT2D eigenvalue weighted by Gasteiger charge is -2.40. The number of nitrogens with zero attached hydrogens (tertiary/aromatic N) is 1. The zero-order valence-electron chi connectivity index (χ0n) is 13.6. The van der Waals surface area contributed by atoms with Crippen LogP contribution in [-0.4, -0.2) is 37.5 Å². The maximum absolute atomic E-state index is 6.33. The molecule has 0 N–H and O–H groups in total. The molecule has 0 spiro atoms. The Morgan fingerprint density at radius 2 is 1.72 bits per heavy atom. The Kier molecular flexibility index (Phi) is 5.67. The molecule has 1 fully saturated rings. The van der Waals surface area contributed by atoms with E-state index >= 15 is 0 Å². The molecule has 1 aliphatic rings. The number of ether oxygens (including phenoxy) is 1. The molecule has 0 heterocycles. The monoisotopic (exact) mass is 256 g/mol. The first-order chi connectivity index (χ1) is 8.24. The van der Waals surface area contributed by atoms with Crippen LogP contribution < -0.4 is 0 Å². The Labute approximate surface area is 114 Å². The zero-order chi connectivity index (χ0) is 13.9. The van der Waals surface area contributed by atoms with E-state index in [1.807, 2.05) is 0 Å². The second-order valence-electron chi connectivity index (χ2n) is 7.53. The van der Waals surface area contributed by atoms with Gasteiger partial charge in [-0.3, -0.25) is 0 Å². The van der Waals surface area contributed by atoms with Crippen molar-refractivity contribution in [2.75, 3.05) is 20.8 Å². The van der Waals surface area contributed by atoms with E-state index in [1.54, 1.807) is 0 Å². The highest BCUT2D eigenvalue weighted by Crippen LogP contribution is 2.35. The van der Waals surface area contributed by atoms with Gasteiger partial charge in [-0.05, 0) is 44.4 Å². The van der Waals surface area contributed by atoms with Crippen LogP contribution in [0.3, 0.4) is 0 Å². The van der Waals surface area contributed by atoms with E-state index in [4.69, 9.17) is 4.74 Å². The van der Waals surface area contributed by atoms with Crippen LogP contribution in [0.5, 0.6) is 0 Å². The molecule has 1 saturated carbocycles. The lowest BCUT2D eigenvalue weighted by Crippen LogP contribution is -2.49. The van der Waals surface area contributed by atoms with Crippen molar-refractivity contribution < 1.29 is 9.22 Å². The quantitative estimate of drug-likeness (QED) is 0.535. The largest absolute Gasteiger partial charge is 0.328 e. The fourth-order valence-corrected chi connectivity index (χ4v) is 2.74. The van der Waals surface area contributed by atoms with Crippen LogP contribution in [0, 0.1) is 17.8 Å². The van der Waals surface area contributed by atoms with E-state index in [0.29, 0.717) is 12.1 Å². The van der Waals surface area contributed by atoms with Crippen molar-refractivity contribution in [1.82, 2.24) is 0 Å². The summed E-state index contributed by atoms with van der Waals surface area (Å²) in [6.45, 7) is 12.5. The third-order valence-electron chi connectivity index (χ3n) is 4.98. The molecule has 0 unspecified atom stereocenters. The van der Waals surface area contributed by atoms with Crippen LogP contribution in [0.25, 0.3) is 0 Å². The maximum atomic E-state index is 6.33. The Balaban J connectivity index is 2.56. The molecule has 0 bridgehead atoms. The average molecular weight is 256 g/mol. The number of hydrogen-bond donors (Lipinski definition) is 0. The fraction of sp³-hybridized carbons (Fsp3) is 1.00. The van der Waals surface area contributed by atoms with Crippen LogP contribution >= 0.6 is 0 Å². The van der Waals surface area contributed by atoms with Crippen LogP contribution in [0.2, 0.25) is 0 Å².